The van der Waals surface area contributed by atoms with Crippen LogP contribution in [0.2, 0.25) is 18.1 Å². The van der Waals surface area contributed by atoms with Crippen molar-refractivity contribution in [2.75, 3.05) is 0 Å². The Balaban J connectivity index is 3.05. The van der Waals surface area contributed by atoms with Gasteiger partial charge in [0.25, 0.3) is 0 Å². The van der Waals surface area contributed by atoms with Gasteiger partial charge in [-0.2, -0.15) is 0 Å². The fourth-order valence-corrected chi connectivity index (χ4v) is 4.56. The van der Waals surface area contributed by atoms with E-state index in [9.17, 15) is 0 Å². The lowest BCUT2D eigenvalue weighted by molar-refractivity contribution is -0.0143. The summed E-state index contributed by atoms with van der Waals surface area (Å²) in [6.45, 7) is 19.7. The topological polar surface area (TPSA) is 9.23 Å². The average Bonchev–Trinajstić information content (AvgIpc) is 2.27. The van der Waals surface area contributed by atoms with Gasteiger partial charge in [-0.25, -0.2) is 0 Å². The molecule has 0 aromatic carbocycles. The molecular weight excluding hydrogens is 248 g/mol. The summed E-state index contributed by atoms with van der Waals surface area (Å²) in [6, 6.07) is 0. The minimum atomic E-state index is -1.76. The first-order valence-electron chi connectivity index (χ1n) is 7.62. The van der Waals surface area contributed by atoms with E-state index in [0.29, 0.717) is 5.92 Å². The highest BCUT2D eigenvalue weighted by Gasteiger charge is 2.47. The van der Waals surface area contributed by atoms with Crippen LogP contribution in [-0.2, 0) is 4.43 Å². The van der Waals surface area contributed by atoms with Crippen LogP contribution in [0, 0.1) is 5.92 Å². The Morgan fingerprint density at radius 2 is 1.89 bits per heavy atom. The summed E-state index contributed by atoms with van der Waals surface area (Å²) in [4.78, 5) is 0. The largest absolute Gasteiger partial charge is 0.410 e. The van der Waals surface area contributed by atoms with E-state index in [0.717, 1.165) is 12.8 Å². The molecule has 1 nitrogen and oxygen atoms in total. The molecule has 0 heterocycles. The molecule has 2 atom stereocenters. The van der Waals surface area contributed by atoms with E-state index in [-0.39, 0.29) is 10.6 Å². The maximum Gasteiger partial charge on any atom is 0.192 e. The third-order valence-corrected chi connectivity index (χ3v) is 9.61. The first-order valence-corrected chi connectivity index (χ1v) is 10.5. The van der Waals surface area contributed by atoms with Crippen molar-refractivity contribution in [2.45, 2.75) is 76.6 Å². The minimum Gasteiger partial charge on any atom is -0.410 e. The minimum absolute atomic E-state index is 0.0370. The summed E-state index contributed by atoms with van der Waals surface area (Å²) in [5.74, 6) is 0.480. The van der Waals surface area contributed by atoms with Gasteiger partial charge in [0.2, 0.25) is 0 Å². The highest BCUT2D eigenvalue weighted by atomic mass is 28.4. The van der Waals surface area contributed by atoms with Gasteiger partial charge >= 0.3 is 0 Å². The second kappa shape index (κ2) is 5.97. The molecule has 0 bridgehead atoms. The lowest BCUT2D eigenvalue weighted by atomic mass is 9.73. The molecule has 1 fully saturated rings. The number of hydrogen-bond acceptors (Lipinski definition) is 1. The van der Waals surface area contributed by atoms with Crippen LogP contribution < -0.4 is 0 Å². The molecule has 1 aliphatic rings. The summed E-state index contributed by atoms with van der Waals surface area (Å²) in [6.07, 6.45) is 10.1. The van der Waals surface area contributed by atoms with Gasteiger partial charge in [0.15, 0.2) is 8.32 Å². The van der Waals surface area contributed by atoms with Crippen LogP contribution >= 0.6 is 0 Å². The molecule has 0 saturated heterocycles. The van der Waals surface area contributed by atoms with Crippen LogP contribution in [0.1, 0.15) is 52.9 Å². The summed E-state index contributed by atoms with van der Waals surface area (Å²) < 4.78 is 6.87. The van der Waals surface area contributed by atoms with Crippen LogP contribution in [0.3, 0.4) is 0 Å². The summed E-state index contributed by atoms with van der Waals surface area (Å²) in [5.41, 5.74) is -0.0370. The van der Waals surface area contributed by atoms with E-state index in [1.165, 1.54) is 19.3 Å². The average molecular weight is 281 g/mol. The van der Waals surface area contributed by atoms with Crippen molar-refractivity contribution in [3.05, 3.63) is 25.3 Å². The molecule has 0 aliphatic heterocycles. The second-order valence-electron chi connectivity index (χ2n) is 7.51. The zero-order valence-corrected chi connectivity index (χ0v) is 14.6. The lowest BCUT2D eigenvalue weighted by Gasteiger charge is -2.50. The third-order valence-electron chi connectivity index (χ3n) is 5.08. The van der Waals surface area contributed by atoms with Gasteiger partial charge in [-0.1, -0.05) is 45.8 Å². The summed E-state index contributed by atoms with van der Waals surface area (Å²) in [5, 5.41) is 0.254. The molecule has 1 aliphatic carbocycles. The first-order chi connectivity index (χ1) is 8.68. The third kappa shape index (κ3) is 3.60. The molecule has 0 spiro atoms. The monoisotopic (exact) mass is 280 g/mol. The van der Waals surface area contributed by atoms with E-state index in [1.54, 1.807) is 0 Å². The smallest absolute Gasteiger partial charge is 0.192 e. The number of hydrogen-bond donors (Lipinski definition) is 0. The predicted molar refractivity (Wildman–Crippen MR) is 88.0 cm³/mol. The fourth-order valence-electron chi connectivity index (χ4n) is 2.90. The van der Waals surface area contributed by atoms with Crippen molar-refractivity contribution in [3.8, 4) is 0 Å². The van der Waals surface area contributed by atoms with E-state index in [1.807, 2.05) is 6.08 Å². The lowest BCUT2D eigenvalue weighted by Crippen LogP contribution is -2.53. The molecule has 0 unspecified atom stereocenters. The Bertz CT molecular complexity index is 327. The molecule has 19 heavy (non-hydrogen) atoms. The van der Waals surface area contributed by atoms with Gasteiger partial charge in [0, 0.05) is 5.92 Å². The summed E-state index contributed by atoms with van der Waals surface area (Å²) in [7, 11) is -1.76. The van der Waals surface area contributed by atoms with Gasteiger partial charge < -0.3 is 4.43 Å². The Morgan fingerprint density at radius 1 is 1.26 bits per heavy atom. The van der Waals surface area contributed by atoms with Gasteiger partial charge in [-0.05, 0) is 37.4 Å². The van der Waals surface area contributed by atoms with Gasteiger partial charge in [0.1, 0.15) is 0 Å². The molecule has 0 radical (unpaired) electrons. The quantitative estimate of drug-likeness (QED) is 0.463. The zero-order valence-electron chi connectivity index (χ0n) is 13.6. The molecule has 0 amide bonds. The van der Waals surface area contributed by atoms with Crippen molar-refractivity contribution >= 4 is 8.32 Å². The van der Waals surface area contributed by atoms with E-state index < -0.39 is 8.32 Å². The zero-order chi connectivity index (χ0) is 14.7. The highest BCUT2D eigenvalue weighted by molar-refractivity contribution is 6.74. The Labute approximate surface area is 121 Å². The molecule has 1 saturated carbocycles. The van der Waals surface area contributed by atoms with Gasteiger partial charge in [-0.3, -0.25) is 0 Å². The Kier molecular flexibility index (Phi) is 5.25. The van der Waals surface area contributed by atoms with E-state index >= 15 is 0 Å². The Morgan fingerprint density at radius 3 is 2.37 bits per heavy atom. The van der Waals surface area contributed by atoms with Crippen LogP contribution in [0.15, 0.2) is 25.3 Å². The molecule has 1 rings (SSSR count). The first kappa shape index (κ1) is 16.7. The number of rotatable bonds is 5. The van der Waals surface area contributed by atoms with Crippen molar-refractivity contribution in [2.24, 2.45) is 5.92 Å². The Hall–Kier alpha value is -0.343. The molecular formula is C17H32OSi. The molecule has 0 aromatic heterocycles. The van der Waals surface area contributed by atoms with Crippen LogP contribution in [0.25, 0.3) is 0 Å². The van der Waals surface area contributed by atoms with E-state index in [4.69, 9.17) is 4.43 Å². The predicted octanol–water partition coefficient (Wildman–Crippen LogP) is 5.70. The molecule has 0 N–H and O–H groups in total. The van der Waals surface area contributed by atoms with Crippen LogP contribution in [-0.4, -0.2) is 13.9 Å². The van der Waals surface area contributed by atoms with E-state index in [2.05, 4.69) is 53.1 Å². The second-order valence-corrected chi connectivity index (χ2v) is 12.2. The SMILES string of the molecule is C=CC[C@]1(O[Si](C)(C)C(C)(C)C)CCCC[C@H]1C=C. The van der Waals surface area contributed by atoms with Gasteiger partial charge in [-0.15, -0.1) is 13.2 Å². The highest BCUT2D eigenvalue weighted by Crippen LogP contribution is 2.47. The van der Waals surface area contributed by atoms with Gasteiger partial charge in [0.05, 0.1) is 5.60 Å². The van der Waals surface area contributed by atoms with Crippen molar-refractivity contribution in [1.82, 2.24) is 0 Å². The maximum absolute atomic E-state index is 6.87. The molecule has 2 heteroatoms. The van der Waals surface area contributed by atoms with Crippen molar-refractivity contribution in [3.63, 3.8) is 0 Å². The van der Waals surface area contributed by atoms with Crippen molar-refractivity contribution < 1.29 is 4.43 Å². The summed E-state index contributed by atoms with van der Waals surface area (Å²) >= 11 is 0. The normalized spacial score (nSPS) is 29.0. The van der Waals surface area contributed by atoms with Crippen LogP contribution in [0.5, 0.6) is 0 Å². The van der Waals surface area contributed by atoms with Crippen molar-refractivity contribution in [1.29, 1.82) is 0 Å². The van der Waals surface area contributed by atoms with Crippen LogP contribution in [0.4, 0.5) is 0 Å². The molecule has 110 valence electrons. The molecule has 0 aromatic rings. The maximum atomic E-state index is 6.87. The fraction of sp³-hybridized carbons (Fsp3) is 0.765. The standard InChI is InChI=1S/C17H32OSi/c1-8-13-17(14-11-10-12-15(17)9-2)18-19(6,7)16(3,4)5/h8-9,15H,1-2,10-14H2,3-7H3/t15-,17+/m1/s1.